The normalized spacial score (nSPS) is 17.3. The van der Waals surface area contributed by atoms with Crippen LogP contribution in [0.15, 0.2) is 24.3 Å². The van der Waals surface area contributed by atoms with Gasteiger partial charge in [-0.15, -0.1) is 0 Å². The number of nitrogens with zero attached hydrogens (tertiary/aromatic N) is 1. The van der Waals surface area contributed by atoms with Crippen LogP contribution >= 0.6 is 0 Å². The van der Waals surface area contributed by atoms with E-state index in [2.05, 4.69) is 5.32 Å². The zero-order valence-electron chi connectivity index (χ0n) is 18.4. The minimum Gasteiger partial charge on any atom is -0.479 e. The number of ether oxygens (including phenoxy) is 3. The van der Waals surface area contributed by atoms with E-state index in [9.17, 15) is 24.3 Å². The van der Waals surface area contributed by atoms with Crippen LogP contribution in [0, 0.1) is 0 Å². The van der Waals surface area contributed by atoms with Crippen LogP contribution in [0.5, 0.6) is 5.75 Å². The van der Waals surface area contributed by atoms with E-state index in [4.69, 9.17) is 14.2 Å². The third-order valence-electron chi connectivity index (χ3n) is 3.98. The number of amides is 2. The average Bonchev–Trinajstić information content (AvgIpc) is 2.58. The molecule has 1 aromatic rings. The molecule has 0 aliphatic carbocycles. The Balaban J connectivity index is 2.02. The fourth-order valence-electron chi connectivity index (χ4n) is 2.78. The zero-order chi connectivity index (χ0) is 23.6. The Labute approximate surface area is 180 Å². The molecule has 1 aromatic carbocycles. The minimum atomic E-state index is -1.25. The first-order chi connectivity index (χ1) is 14.2. The van der Waals surface area contributed by atoms with E-state index in [1.54, 1.807) is 41.5 Å². The van der Waals surface area contributed by atoms with Crippen molar-refractivity contribution in [2.75, 3.05) is 6.54 Å². The van der Waals surface area contributed by atoms with Gasteiger partial charge in [0.15, 0.2) is 6.04 Å². The van der Waals surface area contributed by atoms with Gasteiger partial charge in [0.05, 0.1) is 6.54 Å². The predicted octanol–water partition coefficient (Wildman–Crippen LogP) is 2.86. The topological polar surface area (TPSA) is 131 Å². The molecule has 1 fully saturated rings. The molecule has 0 bridgehead atoms. The number of nitrogens with one attached hydrogen (secondary N) is 1. The van der Waals surface area contributed by atoms with Crippen molar-refractivity contribution >= 4 is 24.1 Å². The Morgan fingerprint density at radius 2 is 1.58 bits per heavy atom. The van der Waals surface area contributed by atoms with Crippen molar-refractivity contribution in [2.24, 2.45) is 0 Å². The maximum Gasteiger partial charge on any atom is 0.514 e. The standard InChI is InChI=1S/C21H28N2O8/c1-20(2,3)30-18(27)22-14-11-23(16(14)24)15(17(25)26)12-7-9-13(10-8-12)29-19(28)31-21(4,5)6/h7-10,14-15H,11H2,1-6H3,(H,22,27)(H,25,26)/t14-,15+/m0/s1. The highest BCUT2D eigenvalue weighted by Crippen LogP contribution is 2.29. The molecule has 2 atom stereocenters. The molecular weight excluding hydrogens is 408 g/mol. The summed E-state index contributed by atoms with van der Waals surface area (Å²) in [5.41, 5.74) is -1.12. The van der Waals surface area contributed by atoms with Gasteiger partial charge in [0.1, 0.15) is 23.0 Å². The summed E-state index contributed by atoms with van der Waals surface area (Å²) in [6.45, 7) is 10.2. The summed E-state index contributed by atoms with van der Waals surface area (Å²) in [7, 11) is 0. The van der Waals surface area contributed by atoms with Crippen molar-refractivity contribution in [2.45, 2.75) is 64.8 Å². The van der Waals surface area contributed by atoms with Crippen molar-refractivity contribution in [3.05, 3.63) is 29.8 Å². The van der Waals surface area contributed by atoms with Crippen molar-refractivity contribution in [3.8, 4) is 5.75 Å². The summed E-state index contributed by atoms with van der Waals surface area (Å²) in [5, 5.41) is 12.1. The van der Waals surface area contributed by atoms with E-state index in [1.807, 2.05) is 0 Å². The van der Waals surface area contributed by atoms with Crippen molar-refractivity contribution in [3.63, 3.8) is 0 Å². The molecule has 31 heavy (non-hydrogen) atoms. The van der Waals surface area contributed by atoms with Gasteiger partial charge in [-0.05, 0) is 59.2 Å². The quantitative estimate of drug-likeness (QED) is 0.409. The van der Waals surface area contributed by atoms with Gasteiger partial charge in [-0.3, -0.25) is 4.79 Å². The van der Waals surface area contributed by atoms with Gasteiger partial charge in [0.2, 0.25) is 5.91 Å². The molecule has 170 valence electrons. The first kappa shape index (κ1) is 24.0. The molecule has 1 aliphatic heterocycles. The summed E-state index contributed by atoms with van der Waals surface area (Å²) >= 11 is 0. The molecule has 1 aliphatic rings. The molecule has 10 nitrogen and oxygen atoms in total. The molecule has 2 amide bonds. The van der Waals surface area contributed by atoms with Crippen molar-refractivity contribution in [1.82, 2.24) is 10.2 Å². The maximum absolute atomic E-state index is 12.4. The van der Waals surface area contributed by atoms with E-state index in [1.165, 1.54) is 24.3 Å². The zero-order valence-corrected chi connectivity index (χ0v) is 18.4. The first-order valence-electron chi connectivity index (χ1n) is 9.70. The second-order valence-corrected chi connectivity index (χ2v) is 9.07. The molecule has 0 aromatic heterocycles. The second kappa shape index (κ2) is 8.83. The van der Waals surface area contributed by atoms with E-state index in [-0.39, 0.29) is 12.3 Å². The summed E-state index contributed by atoms with van der Waals surface area (Å²) in [6, 6.07) is 3.61. The molecule has 0 unspecified atom stereocenters. The molecule has 0 saturated carbocycles. The summed E-state index contributed by atoms with van der Waals surface area (Å²) in [6.07, 6.45) is -1.63. The Bertz CT molecular complexity index is 852. The molecule has 0 radical (unpaired) electrons. The van der Waals surface area contributed by atoms with Crippen LogP contribution in [0.3, 0.4) is 0 Å². The number of likely N-dealkylation sites (tertiary alicyclic amines) is 1. The molecule has 1 saturated heterocycles. The largest absolute Gasteiger partial charge is 0.514 e. The SMILES string of the molecule is CC(C)(C)OC(=O)N[C@H]1CN([C@@H](C(=O)O)c2ccc(OC(=O)OC(C)(C)C)cc2)C1=O. The van der Waals surface area contributed by atoms with E-state index in [0.717, 1.165) is 4.90 Å². The predicted molar refractivity (Wildman–Crippen MR) is 109 cm³/mol. The van der Waals surface area contributed by atoms with Gasteiger partial charge < -0.3 is 29.5 Å². The number of aliphatic carboxylic acids is 1. The van der Waals surface area contributed by atoms with Crippen LogP contribution < -0.4 is 10.1 Å². The highest BCUT2D eigenvalue weighted by atomic mass is 16.7. The third kappa shape index (κ3) is 6.87. The second-order valence-electron chi connectivity index (χ2n) is 9.07. The number of β-lactam (4-membered cyclic amide) rings is 1. The van der Waals surface area contributed by atoms with E-state index in [0.29, 0.717) is 5.56 Å². The lowest BCUT2D eigenvalue weighted by molar-refractivity contribution is -0.159. The number of benzene rings is 1. The highest BCUT2D eigenvalue weighted by molar-refractivity contribution is 5.94. The third-order valence-corrected chi connectivity index (χ3v) is 3.98. The molecule has 10 heteroatoms. The first-order valence-corrected chi connectivity index (χ1v) is 9.70. The van der Waals surface area contributed by atoms with Crippen LogP contribution in [0.25, 0.3) is 0 Å². The minimum absolute atomic E-state index is 0.0191. The Morgan fingerprint density at radius 1 is 1.03 bits per heavy atom. The number of hydrogen-bond donors (Lipinski definition) is 2. The van der Waals surface area contributed by atoms with Crippen LogP contribution in [0.4, 0.5) is 9.59 Å². The molecular formula is C21H28N2O8. The van der Waals surface area contributed by atoms with Crippen LogP contribution in [-0.4, -0.2) is 57.9 Å². The lowest BCUT2D eigenvalue weighted by Crippen LogP contribution is -2.65. The van der Waals surface area contributed by atoms with Crippen LogP contribution in [-0.2, 0) is 19.1 Å². The lowest BCUT2D eigenvalue weighted by atomic mass is 9.98. The summed E-state index contributed by atoms with van der Waals surface area (Å²) in [4.78, 5) is 48.9. The van der Waals surface area contributed by atoms with E-state index >= 15 is 0 Å². The number of alkyl carbamates (subject to hydrolysis) is 1. The number of carbonyl (C=O) groups is 4. The van der Waals surface area contributed by atoms with Crippen molar-refractivity contribution in [1.29, 1.82) is 0 Å². The Morgan fingerprint density at radius 3 is 2.03 bits per heavy atom. The van der Waals surface area contributed by atoms with Gasteiger partial charge in [-0.25, -0.2) is 14.4 Å². The molecule has 2 rings (SSSR count). The average molecular weight is 436 g/mol. The fraction of sp³-hybridized carbons (Fsp3) is 0.524. The highest BCUT2D eigenvalue weighted by Gasteiger charge is 2.45. The fourth-order valence-corrected chi connectivity index (χ4v) is 2.78. The van der Waals surface area contributed by atoms with E-state index < -0.39 is 47.4 Å². The van der Waals surface area contributed by atoms with Gasteiger partial charge in [0, 0.05) is 0 Å². The molecule has 0 spiro atoms. The summed E-state index contributed by atoms with van der Waals surface area (Å²) in [5.74, 6) is -1.60. The number of rotatable bonds is 5. The van der Waals surface area contributed by atoms with Crippen LogP contribution in [0.2, 0.25) is 0 Å². The Hall–Kier alpha value is -3.30. The van der Waals surface area contributed by atoms with Gasteiger partial charge >= 0.3 is 18.2 Å². The van der Waals surface area contributed by atoms with Crippen molar-refractivity contribution < 1.29 is 38.5 Å². The Kier molecular flexibility index (Phi) is 6.83. The number of hydrogen-bond acceptors (Lipinski definition) is 7. The van der Waals surface area contributed by atoms with Gasteiger partial charge in [-0.2, -0.15) is 0 Å². The maximum atomic E-state index is 12.4. The van der Waals surface area contributed by atoms with Gasteiger partial charge in [-0.1, -0.05) is 12.1 Å². The number of carboxylic acids is 1. The monoisotopic (exact) mass is 436 g/mol. The lowest BCUT2D eigenvalue weighted by Gasteiger charge is -2.42. The molecule has 2 N–H and O–H groups in total. The summed E-state index contributed by atoms with van der Waals surface area (Å²) < 4.78 is 15.2. The molecule has 1 heterocycles. The number of carboxylic acid groups (broad SMARTS) is 1. The number of carbonyl (C=O) groups excluding carboxylic acids is 3. The van der Waals surface area contributed by atoms with Crippen LogP contribution in [0.1, 0.15) is 53.1 Å². The smallest absolute Gasteiger partial charge is 0.479 e. The van der Waals surface area contributed by atoms with Gasteiger partial charge in [0.25, 0.3) is 0 Å².